The summed E-state index contributed by atoms with van der Waals surface area (Å²) in [5.74, 6) is 1.04. The lowest BCUT2D eigenvalue weighted by molar-refractivity contribution is 0.287. The highest BCUT2D eigenvalue weighted by molar-refractivity contribution is 6.34. The van der Waals surface area contributed by atoms with Gasteiger partial charge in [-0.2, -0.15) is 5.10 Å². The van der Waals surface area contributed by atoms with Crippen molar-refractivity contribution < 1.29 is 4.74 Å². The van der Waals surface area contributed by atoms with E-state index >= 15 is 0 Å². The number of nitrogens with one attached hydrogen (secondary N) is 1. The van der Waals surface area contributed by atoms with Crippen LogP contribution in [0.2, 0.25) is 5.02 Å². The molecule has 0 spiro atoms. The average Bonchev–Trinajstić information content (AvgIpc) is 2.83. The van der Waals surface area contributed by atoms with Crippen molar-refractivity contribution in [1.82, 2.24) is 14.8 Å². The molecule has 100 valence electrons. The topological polar surface area (TPSA) is 89.8 Å². The van der Waals surface area contributed by atoms with Crippen LogP contribution in [0, 0.1) is 5.41 Å². The molecule has 6 nitrogen and oxygen atoms in total. The van der Waals surface area contributed by atoms with Crippen molar-refractivity contribution in [3.8, 4) is 5.75 Å². The first-order chi connectivity index (χ1) is 9.13. The van der Waals surface area contributed by atoms with Gasteiger partial charge in [-0.25, -0.2) is 9.67 Å². The van der Waals surface area contributed by atoms with Gasteiger partial charge < -0.3 is 10.5 Å². The number of nitrogen functional groups attached to an aromatic ring is 1. The normalized spacial score (nSPS) is 10.4. The Morgan fingerprint density at radius 2 is 2.32 bits per heavy atom. The van der Waals surface area contributed by atoms with Gasteiger partial charge in [-0.1, -0.05) is 17.7 Å². The Kier molecular flexibility index (Phi) is 4.01. The molecule has 0 radical (unpaired) electrons. The van der Waals surface area contributed by atoms with E-state index in [0.29, 0.717) is 28.7 Å². The van der Waals surface area contributed by atoms with E-state index in [1.165, 1.54) is 6.33 Å². The minimum Gasteiger partial charge on any atom is -0.485 e. The van der Waals surface area contributed by atoms with Crippen molar-refractivity contribution in [3.63, 3.8) is 0 Å². The predicted molar refractivity (Wildman–Crippen MR) is 72.5 cm³/mol. The van der Waals surface area contributed by atoms with E-state index in [0.717, 1.165) is 0 Å². The van der Waals surface area contributed by atoms with Crippen LogP contribution in [0.3, 0.4) is 0 Å². The zero-order chi connectivity index (χ0) is 13.8. The molecule has 0 saturated carbocycles. The van der Waals surface area contributed by atoms with E-state index in [4.69, 9.17) is 27.5 Å². The molecule has 0 fully saturated rings. The first-order valence-electron chi connectivity index (χ1n) is 5.75. The largest absolute Gasteiger partial charge is 0.485 e. The summed E-state index contributed by atoms with van der Waals surface area (Å²) < 4.78 is 7.37. The molecule has 19 heavy (non-hydrogen) atoms. The number of nitrogens with two attached hydrogens (primary N) is 1. The molecule has 0 aliphatic heterocycles. The lowest BCUT2D eigenvalue weighted by Gasteiger charge is -2.11. The van der Waals surface area contributed by atoms with Crippen LogP contribution in [0.15, 0.2) is 24.5 Å². The van der Waals surface area contributed by atoms with Gasteiger partial charge in [0.15, 0.2) is 5.82 Å². The number of hydrogen-bond donors (Lipinski definition) is 2. The third kappa shape index (κ3) is 2.85. The molecule has 2 rings (SSSR count). The van der Waals surface area contributed by atoms with Crippen molar-refractivity contribution in [2.45, 2.75) is 20.1 Å². The molecule has 0 saturated heterocycles. The van der Waals surface area contributed by atoms with Gasteiger partial charge in [0.2, 0.25) is 0 Å². The highest BCUT2D eigenvalue weighted by Gasteiger charge is 2.12. The molecule has 7 heteroatoms. The van der Waals surface area contributed by atoms with E-state index < -0.39 is 0 Å². The summed E-state index contributed by atoms with van der Waals surface area (Å²) in [6, 6.07) is 5.13. The molecule has 0 aliphatic rings. The second-order valence-corrected chi connectivity index (χ2v) is 4.21. The zero-order valence-corrected chi connectivity index (χ0v) is 11.2. The van der Waals surface area contributed by atoms with Gasteiger partial charge >= 0.3 is 0 Å². The molecule has 0 aliphatic carbocycles. The minimum absolute atomic E-state index is 0.127. The van der Waals surface area contributed by atoms with Crippen molar-refractivity contribution in [2.24, 2.45) is 5.73 Å². The molecule has 3 N–H and O–H groups in total. The number of rotatable bonds is 5. The van der Waals surface area contributed by atoms with E-state index in [-0.39, 0.29) is 12.4 Å². The van der Waals surface area contributed by atoms with Gasteiger partial charge in [-0.15, -0.1) is 0 Å². The van der Waals surface area contributed by atoms with Gasteiger partial charge in [0.25, 0.3) is 0 Å². The fourth-order valence-electron chi connectivity index (χ4n) is 1.69. The Morgan fingerprint density at radius 3 is 3.00 bits per heavy atom. The van der Waals surface area contributed by atoms with Gasteiger partial charge in [0.1, 0.15) is 24.5 Å². The number of nitrogens with zero attached hydrogens (tertiary/aromatic N) is 3. The van der Waals surface area contributed by atoms with Crippen LogP contribution in [0.1, 0.15) is 18.3 Å². The summed E-state index contributed by atoms with van der Waals surface area (Å²) in [5.41, 5.74) is 5.90. The lowest BCUT2D eigenvalue weighted by atomic mass is 10.2. The summed E-state index contributed by atoms with van der Waals surface area (Å²) in [5, 5.41) is 12.0. The van der Waals surface area contributed by atoms with Crippen molar-refractivity contribution >= 4 is 17.4 Å². The fraction of sp³-hybridized carbons (Fsp3) is 0.250. The number of halogens is 1. The third-order valence-electron chi connectivity index (χ3n) is 2.60. The van der Waals surface area contributed by atoms with Crippen molar-refractivity contribution in [1.29, 1.82) is 5.41 Å². The molecule has 1 aromatic carbocycles. The molecular weight excluding hydrogens is 266 g/mol. The SMILES string of the molecule is CCn1ncnc1COc1cccc(Cl)c1C(=N)N. The summed E-state index contributed by atoms with van der Waals surface area (Å²) in [4.78, 5) is 4.11. The minimum atomic E-state index is -0.127. The molecule has 0 unspecified atom stereocenters. The molecule has 1 heterocycles. The highest BCUT2D eigenvalue weighted by Crippen LogP contribution is 2.26. The summed E-state index contributed by atoms with van der Waals surface area (Å²) in [6.45, 7) is 2.93. The average molecular weight is 280 g/mol. The van der Waals surface area contributed by atoms with Crippen LogP contribution in [0.5, 0.6) is 5.75 Å². The van der Waals surface area contributed by atoms with Crippen LogP contribution in [-0.2, 0) is 13.2 Å². The molecule has 1 aromatic heterocycles. The van der Waals surface area contributed by atoms with Crippen LogP contribution in [0.25, 0.3) is 0 Å². The zero-order valence-electron chi connectivity index (χ0n) is 10.4. The van der Waals surface area contributed by atoms with Crippen LogP contribution < -0.4 is 10.5 Å². The second kappa shape index (κ2) is 5.71. The maximum absolute atomic E-state index is 7.53. The highest BCUT2D eigenvalue weighted by atomic mass is 35.5. The Hall–Kier alpha value is -2.08. The number of aryl methyl sites for hydroxylation is 1. The molecule has 2 aromatic rings. The Balaban J connectivity index is 2.20. The maximum atomic E-state index is 7.53. The monoisotopic (exact) mass is 279 g/mol. The predicted octanol–water partition coefficient (Wildman–Crippen LogP) is 1.81. The first-order valence-corrected chi connectivity index (χ1v) is 6.13. The van der Waals surface area contributed by atoms with E-state index in [2.05, 4.69) is 10.1 Å². The van der Waals surface area contributed by atoms with Crippen molar-refractivity contribution in [3.05, 3.63) is 40.9 Å². The summed E-state index contributed by atoms with van der Waals surface area (Å²) >= 11 is 6.01. The van der Waals surface area contributed by atoms with E-state index in [1.54, 1.807) is 22.9 Å². The van der Waals surface area contributed by atoms with Crippen LogP contribution in [0.4, 0.5) is 0 Å². The van der Waals surface area contributed by atoms with Crippen LogP contribution >= 0.6 is 11.6 Å². The number of ether oxygens (including phenoxy) is 1. The smallest absolute Gasteiger partial charge is 0.164 e. The molecule has 0 atom stereocenters. The number of benzene rings is 1. The van der Waals surface area contributed by atoms with Gasteiger partial charge in [0, 0.05) is 6.54 Å². The Bertz CT molecular complexity index is 596. The van der Waals surface area contributed by atoms with Crippen molar-refractivity contribution in [2.75, 3.05) is 0 Å². The summed E-state index contributed by atoms with van der Waals surface area (Å²) in [6.07, 6.45) is 1.48. The number of hydrogen-bond acceptors (Lipinski definition) is 4. The van der Waals surface area contributed by atoms with E-state index in [9.17, 15) is 0 Å². The molecule has 0 bridgehead atoms. The number of amidine groups is 1. The fourth-order valence-corrected chi connectivity index (χ4v) is 1.96. The Morgan fingerprint density at radius 1 is 1.53 bits per heavy atom. The van der Waals surface area contributed by atoms with Gasteiger partial charge in [-0.3, -0.25) is 5.41 Å². The standard InChI is InChI=1S/C12H14ClN5O/c1-2-18-10(16-7-17-18)6-19-9-5-3-4-8(13)11(9)12(14)15/h3-5,7H,2,6H2,1H3,(H3,14,15). The second-order valence-electron chi connectivity index (χ2n) is 3.81. The third-order valence-corrected chi connectivity index (χ3v) is 2.91. The lowest BCUT2D eigenvalue weighted by Crippen LogP contribution is -2.14. The molecule has 0 amide bonds. The van der Waals surface area contributed by atoms with E-state index in [1.807, 2.05) is 6.92 Å². The summed E-state index contributed by atoms with van der Waals surface area (Å²) in [7, 11) is 0. The Labute approximate surface area is 115 Å². The maximum Gasteiger partial charge on any atom is 0.164 e. The number of aromatic nitrogens is 3. The first kappa shape index (κ1) is 13.4. The van der Waals surface area contributed by atoms with Gasteiger partial charge in [-0.05, 0) is 19.1 Å². The van der Waals surface area contributed by atoms with Gasteiger partial charge in [0.05, 0.1) is 10.6 Å². The molecular formula is C12H14ClN5O. The van der Waals surface area contributed by atoms with Crippen LogP contribution in [-0.4, -0.2) is 20.6 Å². The quantitative estimate of drug-likeness (QED) is 0.645.